The largest absolute Gasteiger partial charge is 0.378 e. The van der Waals surface area contributed by atoms with Gasteiger partial charge in [-0.1, -0.05) is 25.1 Å². The number of aromatic nitrogens is 1. The molecule has 1 aromatic heterocycles. The summed E-state index contributed by atoms with van der Waals surface area (Å²) in [6, 6.07) is 8.41. The highest BCUT2D eigenvalue weighted by Crippen LogP contribution is 2.16. The lowest BCUT2D eigenvalue weighted by Gasteiger charge is -2.08. The van der Waals surface area contributed by atoms with Crippen LogP contribution >= 0.6 is 11.3 Å². The molecule has 2 rings (SSSR count). The minimum Gasteiger partial charge on any atom is -0.378 e. The van der Waals surface area contributed by atoms with Crippen LogP contribution in [0.4, 0.5) is 5.69 Å². The zero-order valence-corrected chi connectivity index (χ0v) is 9.55. The number of anilines is 1. The molecule has 0 aliphatic carbocycles. The van der Waals surface area contributed by atoms with Gasteiger partial charge in [0.1, 0.15) is 5.01 Å². The highest BCUT2D eigenvalue weighted by molar-refractivity contribution is 7.09. The molecule has 0 fully saturated rings. The Morgan fingerprint density at radius 1 is 1.33 bits per heavy atom. The fourth-order valence-corrected chi connectivity index (χ4v) is 2.07. The third-order valence-corrected chi connectivity index (χ3v) is 3.09. The van der Waals surface area contributed by atoms with Crippen LogP contribution in [0.1, 0.15) is 17.5 Å². The number of para-hydroxylation sites is 1. The van der Waals surface area contributed by atoms with Crippen molar-refractivity contribution in [3.05, 3.63) is 46.4 Å². The Morgan fingerprint density at radius 3 is 2.93 bits per heavy atom. The minimum atomic E-state index is 0.814. The third kappa shape index (κ3) is 2.57. The van der Waals surface area contributed by atoms with Crippen molar-refractivity contribution in [2.24, 2.45) is 0 Å². The smallest absolute Gasteiger partial charge is 0.112 e. The molecule has 15 heavy (non-hydrogen) atoms. The molecule has 0 saturated carbocycles. The van der Waals surface area contributed by atoms with Crippen LogP contribution in [-0.4, -0.2) is 4.98 Å². The zero-order valence-electron chi connectivity index (χ0n) is 8.73. The molecule has 78 valence electrons. The lowest BCUT2D eigenvalue weighted by atomic mass is 10.1. The van der Waals surface area contributed by atoms with Gasteiger partial charge in [0.2, 0.25) is 0 Å². The minimum absolute atomic E-state index is 0.814. The summed E-state index contributed by atoms with van der Waals surface area (Å²) >= 11 is 1.68. The first kappa shape index (κ1) is 10.2. The highest BCUT2D eigenvalue weighted by Gasteiger charge is 1.99. The number of nitrogens with zero attached hydrogens (tertiary/aromatic N) is 1. The molecule has 1 N–H and O–H groups in total. The Kier molecular flexibility index (Phi) is 3.35. The number of benzene rings is 1. The molecule has 0 unspecified atom stereocenters. The van der Waals surface area contributed by atoms with Crippen molar-refractivity contribution >= 4 is 17.0 Å². The lowest BCUT2D eigenvalue weighted by molar-refractivity contribution is 1.07. The maximum atomic E-state index is 4.24. The monoisotopic (exact) mass is 218 g/mol. The van der Waals surface area contributed by atoms with E-state index in [9.17, 15) is 0 Å². The molecule has 1 heterocycles. The van der Waals surface area contributed by atoms with Gasteiger partial charge in [-0.05, 0) is 18.1 Å². The Hall–Kier alpha value is -1.35. The summed E-state index contributed by atoms with van der Waals surface area (Å²) in [6.45, 7) is 2.98. The van der Waals surface area contributed by atoms with Gasteiger partial charge < -0.3 is 5.32 Å². The first-order valence-electron chi connectivity index (χ1n) is 5.10. The van der Waals surface area contributed by atoms with E-state index in [0.29, 0.717) is 0 Å². The number of aryl methyl sites for hydroxylation is 1. The zero-order chi connectivity index (χ0) is 10.5. The molecule has 0 amide bonds. The molecule has 1 aromatic carbocycles. The van der Waals surface area contributed by atoms with Crippen LogP contribution in [0.2, 0.25) is 0 Å². The van der Waals surface area contributed by atoms with Crippen LogP contribution in [0.25, 0.3) is 0 Å². The Bertz CT molecular complexity index is 409. The second kappa shape index (κ2) is 4.94. The molecular weight excluding hydrogens is 204 g/mol. The van der Waals surface area contributed by atoms with Crippen LogP contribution in [0, 0.1) is 0 Å². The van der Waals surface area contributed by atoms with Gasteiger partial charge >= 0.3 is 0 Å². The third-order valence-electron chi connectivity index (χ3n) is 2.31. The van der Waals surface area contributed by atoms with Gasteiger partial charge in [-0.3, -0.25) is 0 Å². The molecule has 3 heteroatoms. The maximum Gasteiger partial charge on any atom is 0.112 e. The Balaban J connectivity index is 2.04. The molecule has 0 aliphatic heterocycles. The predicted octanol–water partition coefficient (Wildman–Crippen LogP) is 3.32. The van der Waals surface area contributed by atoms with Gasteiger partial charge in [0, 0.05) is 17.3 Å². The molecule has 0 atom stereocenters. The van der Waals surface area contributed by atoms with Crippen LogP contribution < -0.4 is 5.32 Å². The quantitative estimate of drug-likeness (QED) is 0.851. The molecule has 0 spiro atoms. The van der Waals surface area contributed by atoms with Gasteiger partial charge in [-0.15, -0.1) is 11.3 Å². The van der Waals surface area contributed by atoms with E-state index < -0.39 is 0 Å². The van der Waals surface area contributed by atoms with Crippen LogP contribution in [0.15, 0.2) is 35.8 Å². The maximum absolute atomic E-state index is 4.24. The van der Waals surface area contributed by atoms with Crippen molar-refractivity contribution in [1.82, 2.24) is 4.98 Å². The average Bonchev–Trinajstić information content (AvgIpc) is 2.79. The first-order valence-corrected chi connectivity index (χ1v) is 5.98. The number of rotatable bonds is 4. The van der Waals surface area contributed by atoms with E-state index in [1.54, 1.807) is 11.3 Å². The Labute approximate surface area is 94.0 Å². The van der Waals surface area contributed by atoms with Crippen LogP contribution in [0.5, 0.6) is 0 Å². The van der Waals surface area contributed by atoms with Gasteiger partial charge in [0.05, 0.1) is 6.54 Å². The van der Waals surface area contributed by atoms with E-state index in [0.717, 1.165) is 18.0 Å². The number of hydrogen-bond acceptors (Lipinski definition) is 3. The van der Waals surface area contributed by atoms with Crippen molar-refractivity contribution in [3.8, 4) is 0 Å². The number of nitrogens with one attached hydrogen (secondary N) is 1. The van der Waals surface area contributed by atoms with Gasteiger partial charge in [0.15, 0.2) is 0 Å². The molecule has 2 aromatic rings. The van der Waals surface area contributed by atoms with E-state index in [2.05, 4.69) is 41.5 Å². The van der Waals surface area contributed by atoms with E-state index in [-0.39, 0.29) is 0 Å². The molecular formula is C12H14N2S. The Morgan fingerprint density at radius 2 is 2.20 bits per heavy atom. The number of hydrogen-bond donors (Lipinski definition) is 1. The molecule has 0 radical (unpaired) electrons. The topological polar surface area (TPSA) is 24.9 Å². The van der Waals surface area contributed by atoms with Crippen molar-refractivity contribution in [1.29, 1.82) is 0 Å². The van der Waals surface area contributed by atoms with Gasteiger partial charge in [0.25, 0.3) is 0 Å². The summed E-state index contributed by atoms with van der Waals surface area (Å²) in [5, 5.41) is 6.54. The first-order chi connectivity index (χ1) is 7.40. The summed E-state index contributed by atoms with van der Waals surface area (Å²) in [5.41, 5.74) is 2.57. The van der Waals surface area contributed by atoms with Crippen molar-refractivity contribution in [2.45, 2.75) is 19.9 Å². The van der Waals surface area contributed by atoms with Crippen LogP contribution in [0.3, 0.4) is 0 Å². The second-order valence-electron chi connectivity index (χ2n) is 3.29. The summed E-state index contributed by atoms with van der Waals surface area (Å²) in [5.74, 6) is 0. The van der Waals surface area contributed by atoms with E-state index in [1.807, 2.05) is 11.6 Å². The van der Waals surface area contributed by atoms with Crippen molar-refractivity contribution < 1.29 is 0 Å². The predicted molar refractivity (Wildman–Crippen MR) is 65.3 cm³/mol. The molecule has 0 saturated heterocycles. The summed E-state index contributed by atoms with van der Waals surface area (Å²) in [6.07, 6.45) is 2.90. The standard InChI is InChI=1S/C12H14N2S/c1-2-10-5-3-4-6-11(10)14-9-12-13-7-8-15-12/h3-8,14H,2,9H2,1H3. The van der Waals surface area contributed by atoms with E-state index in [4.69, 9.17) is 0 Å². The number of thiazole rings is 1. The van der Waals surface area contributed by atoms with Gasteiger partial charge in [-0.25, -0.2) is 4.98 Å². The summed E-state index contributed by atoms with van der Waals surface area (Å²) in [7, 11) is 0. The van der Waals surface area contributed by atoms with Crippen LogP contribution in [-0.2, 0) is 13.0 Å². The second-order valence-corrected chi connectivity index (χ2v) is 4.27. The fraction of sp³-hybridized carbons (Fsp3) is 0.250. The normalized spacial score (nSPS) is 10.2. The van der Waals surface area contributed by atoms with Gasteiger partial charge in [-0.2, -0.15) is 0 Å². The summed E-state index contributed by atoms with van der Waals surface area (Å²) < 4.78 is 0. The molecule has 2 nitrogen and oxygen atoms in total. The highest BCUT2D eigenvalue weighted by atomic mass is 32.1. The fourth-order valence-electron chi connectivity index (χ4n) is 1.51. The lowest BCUT2D eigenvalue weighted by Crippen LogP contribution is -2.01. The summed E-state index contributed by atoms with van der Waals surface area (Å²) in [4.78, 5) is 4.24. The van der Waals surface area contributed by atoms with E-state index >= 15 is 0 Å². The molecule has 0 bridgehead atoms. The molecule has 0 aliphatic rings. The van der Waals surface area contributed by atoms with E-state index in [1.165, 1.54) is 11.3 Å². The van der Waals surface area contributed by atoms with Crippen molar-refractivity contribution in [2.75, 3.05) is 5.32 Å². The SMILES string of the molecule is CCc1ccccc1NCc1nccs1. The van der Waals surface area contributed by atoms with Crippen molar-refractivity contribution in [3.63, 3.8) is 0 Å². The average molecular weight is 218 g/mol.